The van der Waals surface area contributed by atoms with Crippen LogP contribution in [0.25, 0.3) is 17.1 Å². The summed E-state index contributed by atoms with van der Waals surface area (Å²) in [6, 6.07) is 20.6. The van der Waals surface area contributed by atoms with Gasteiger partial charge in [0.15, 0.2) is 10.9 Å². The van der Waals surface area contributed by atoms with Crippen molar-refractivity contribution in [3.63, 3.8) is 0 Å². The van der Waals surface area contributed by atoms with Crippen LogP contribution in [0.1, 0.15) is 5.56 Å². The smallest absolute Gasteiger partial charge is 0.406 e. The van der Waals surface area contributed by atoms with Crippen LogP contribution in [0.2, 0.25) is 0 Å². The first-order valence-corrected chi connectivity index (χ1v) is 11.3. The van der Waals surface area contributed by atoms with Crippen molar-refractivity contribution in [2.75, 3.05) is 24.3 Å². The van der Waals surface area contributed by atoms with Crippen LogP contribution in [-0.2, 0) is 0 Å². The molecule has 37 heavy (non-hydrogen) atoms. The molecule has 0 atom stereocenters. The van der Waals surface area contributed by atoms with Crippen molar-refractivity contribution in [1.82, 2.24) is 20.2 Å². The molecule has 8 nitrogen and oxygen atoms in total. The Morgan fingerprint density at radius 3 is 2.30 bits per heavy atom. The maximum absolute atomic E-state index is 12.3. The second kappa shape index (κ2) is 11.1. The molecule has 0 spiro atoms. The van der Waals surface area contributed by atoms with Gasteiger partial charge in [0.2, 0.25) is 0 Å². The fraction of sp³-hybridized carbons (Fsp3) is 0.120. The monoisotopic (exact) mass is 525 g/mol. The van der Waals surface area contributed by atoms with Crippen molar-refractivity contribution in [1.29, 1.82) is 0 Å². The van der Waals surface area contributed by atoms with E-state index in [1.807, 2.05) is 67.5 Å². The number of ether oxygens (including phenoxy) is 1. The Labute approximate surface area is 216 Å². The molecule has 2 N–H and O–H groups in total. The highest BCUT2D eigenvalue weighted by Crippen LogP contribution is 2.24. The number of hydrogen-bond acceptors (Lipinski definition) is 6. The molecule has 4 aromatic rings. The summed E-state index contributed by atoms with van der Waals surface area (Å²) in [5, 5.41) is 12.0. The molecule has 4 rings (SSSR count). The lowest BCUT2D eigenvalue weighted by molar-refractivity contribution is -0.274. The van der Waals surface area contributed by atoms with Crippen LogP contribution in [0.15, 0.2) is 84.2 Å². The van der Waals surface area contributed by atoms with Crippen molar-refractivity contribution >= 4 is 34.9 Å². The first-order chi connectivity index (χ1) is 17.7. The maximum atomic E-state index is 12.3. The quantitative estimate of drug-likeness (QED) is 0.195. The number of rotatable bonds is 7. The van der Waals surface area contributed by atoms with E-state index >= 15 is 0 Å². The third kappa shape index (κ3) is 7.27. The van der Waals surface area contributed by atoms with Crippen LogP contribution >= 0.6 is 12.2 Å². The zero-order valence-corrected chi connectivity index (χ0v) is 20.6. The number of hydrazone groups is 1. The van der Waals surface area contributed by atoms with Gasteiger partial charge in [-0.05, 0) is 66.3 Å². The van der Waals surface area contributed by atoms with Crippen molar-refractivity contribution in [3.8, 4) is 22.8 Å². The van der Waals surface area contributed by atoms with Gasteiger partial charge in [0.1, 0.15) is 12.1 Å². The number of nitrogens with zero attached hydrogens (tertiary/aromatic N) is 5. The van der Waals surface area contributed by atoms with E-state index in [0.29, 0.717) is 16.6 Å². The van der Waals surface area contributed by atoms with Gasteiger partial charge in [0.05, 0.1) is 11.9 Å². The Balaban J connectivity index is 1.32. The molecule has 0 unspecified atom stereocenters. The lowest BCUT2D eigenvalue weighted by Crippen LogP contribution is -2.23. The zero-order valence-electron chi connectivity index (χ0n) is 19.8. The maximum Gasteiger partial charge on any atom is 0.573 e. The Hall–Kier alpha value is -4.45. The SMILES string of the molecule is CN(C)c1ccc(NC(=S)N/N=C/c2ccc(-c3ncn(-c4ccc(OC(F)(F)F)cc4)n3)cc2)cc1. The van der Waals surface area contributed by atoms with Crippen molar-refractivity contribution < 1.29 is 17.9 Å². The van der Waals surface area contributed by atoms with E-state index in [2.05, 4.69) is 30.7 Å². The third-order valence-corrected chi connectivity index (χ3v) is 5.21. The molecule has 12 heteroatoms. The van der Waals surface area contributed by atoms with E-state index in [1.165, 1.54) is 35.3 Å². The molecule has 1 aromatic heterocycles. The van der Waals surface area contributed by atoms with Gasteiger partial charge in [-0.2, -0.15) is 5.10 Å². The molecular weight excluding hydrogens is 503 g/mol. The highest BCUT2D eigenvalue weighted by molar-refractivity contribution is 7.80. The van der Waals surface area contributed by atoms with Gasteiger partial charge in [-0.1, -0.05) is 24.3 Å². The molecule has 0 bridgehead atoms. The van der Waals surface area contributed by atoms with E-state index in [1.54, 1.807) is 6.21 Å². The summed E-state index contributed by atoms with van der Waals surface area (Å²) in [5.74, 6) is 0.154. The van der Waals surface area contributed by atoms with Crippen LogP contribution in [0.3, 0.4) is 0 Å². The minimum atomic E-state index is -4.74. The molecule has 0 amide bonds. The van der Waals surface area contributed by atoms with Gasteiger partial charge in [0.25, 0.3) is 0 Å². The lowest BCUT2D eigenvalue weighted by atomic mass is 10.1. The second-order valence-corrected chi connectivity index (χ2v) is 8.35. The molecule has 190 valence electrons. The predicted octanol–water partition coefficient (Wildman–Crippen LogP) is 5.22. The lowest BCUT2D eigenvalue weighted by Gasteiger charge is -2.13. The normalized spacial score (nSPS) is 11.4. The summed E-state index contributed by atoms with van der Waals surface area (Å²) in [5.41, 5.74) is 6.85. The van der Waals surface area contributed by atoms with E-state index in [9.17, 15) is 13.2 Å². The minimum Gasteiger partial charge on any atom is -0.406 e. The molecule has 0 fully saturated rings. The molecule has 0 saturated heterocycles. The highest BCUT2D eigenvalue weighted by atomic mass is 32.1. The number of benzene rings is 3. The summed E-state index contributed by atoms with van der Waals surface area (Å²) in [6.45, 7) is 0. The van der Waals surface area contributed by atoms with E-state index in [-0.39, 0.29) is 5.75 Å². The van der Waals surface area contributed by atoms with Crippen LogP contribution in [0, 0.1) is 0 Å². The van der Waals surface area contributed by atoms with Crippen molar-refractivity contribution in [3.05, 3.63) is 84.7 Å². The molecule has 1 heterocycles. The molecule has 0 aliphatic heterocycles. The summed E-state index contributed by atoms with van der Waals surface area (Å²) in [7, 11) is 3.95. The first kappa shape index (κ1) is 25.6. The van der Waals surface area contributed by atoms with E-state index < -0.39 is 6.36 Å². The van der Waals surface area contributed by atoms with Gasteiger partial charge >= 0.3 is 6.36 Å². The van der Waals surface area contributed by atoms with Gasteiger partial charge in [-0.25, -0.2) is 9.67 Å². The number of alkyl halides is 3. The highest BCUT2D eigenvalue weighted by Gasteiger charge is 2.31. The predicted molar refractivity (Wildman–Crippen MR) is 141 cm³/mol. The molecule has 0 saturated carbocycles. The van der Waals surface area contributed by atoms with Gasteiger partial charge in [-0.15, -0.1) is 18.3 Å². The summed E-state index contributed by atoms with van der Waals surface area (Å²) >= 11 is 5.27. The third-order valence-electron chi connectivity index (χ3n) is 5.02. The van der Waals surface area contributed by atoms with E-state index in [4.69, 9.17) is 12.2 Å². The van der Waals surface area contributed by atoms with E-state index in [0.717, 1.165) is 22.5 Å². The number of thiocarbonyl (C=S) groups is 1. The molecule has 0 aliphatic carbocycles. The summed E-state index contributed by atoms with van der Waals surface area (Å²) in [4.78, 5) is 6.29. The largest absolute Gasteiger partial charge is 0.573 e. The van der Waals surface area contributed by atoms with Gasteiger partial charge in [-0.3, -0.25) is 5.43 Å². The Morgan fingerprint density at radius 2 is 1.68 bits per heavy atom. The fourth-order valence-corrected chi connectivity index (χ4v) is 3.38. The van der Waals surface area contributed by atoms with Crippen LogP contribution in [0.5, 0.6) is 5.75 Å². The molecule has 3 aromatic carbocycles. The average molecular weight is 526 g/mol. The van der Waals surface area contributed by atoms with Crippen LogP contribution in [-0.4, -0.2) is 46.5 Å². The topological polar surface area (TPSA) is 79.6 Å². The standard InChI is InChI=1S/C25H22F3N7OS/c1-34(2)20-9-7-19(8-10-20)31-24(37)32-30-15-17-3-5-18(6-4-17)23-29-16-35(33-23)21-11-13-22(14-12-21)36-25(26,27)28/h3-16H,1-2H3,(H2,31,32,37)/b30-15+. The van der Waals surface area contributed by atoms with Gasteiger partial charge < -0.3 is 15.0 Å². The number of hydrogen-bond donors (Lipinski definition) is 2. The van der Waals surface area contributed by atoms with Crippen molar-refractivity contribution in [2.45, 2.75) is 6.36 Å². The minimum absolute atomic E-state index is 0.307. The average Bonchev–Trinajstić information content (AvgIpc) is 3.35. The molecule has 0 radical (unpaired) electrons. The number of nitrogens with one attached hydrogen (secondary N) is 2. The first-order valence-electron chi connectivity index (χ1n) is 10.9. The summed E-state index contributed by atoms with van der Waals surface area (Å²) in [6.07, 6.45) is -1.63. The molecular formula is C25H22F3N7OS. The van der Waals surface area contributed by atoms with Crippen LogP contribution < -0.4 is 20.4 Å². The fourth-order valence-electron chi connectivity index (χ4n) is 3.21. The van der Waals surface area contributed by atoms with Crippen molar-refractivity contribution in [2.24, 2.45) is 5.10 Å². The number of aromatic nitrogens is 3. The number of halogens is 3. The Kier molecular flexibility index (Phi) is 7.68. The van der Waals surface area contributed by atoms with Crippen LogP contribution in [0.4, 0.5) is 24.5 Å². The Morgan fingerprint density at radius 1 is 1.00 bits per heavy atom. The Bertz CT molecular complexity index is 1370. The number of anilines is 2. The second-order valence-electron chi connectivity index (χ2n) is 7.94. The van der Waals surface area contributed by atoms with Gasteiger partial charge in [0, 0.05) is 31.0 Å². The molecule has 0 aliphatic rings. The zero-order chi connectivity index (χ0) is 26.4. The summed E-state index contributed by atoms with van der Waals surface area (Å²) < 4.78 is 42.3.